The van der Waals surface area contributed by atoms with Crippen LogP contribution in [0.3, 0.4) is 0 Å². The zero-order valence-corrected chi connectivity index (χ0v) is 16.0. The average Bonchev–Trinajstić information content (AvgIpc) is 3.23. The lowest BCUT2D eigenvalue weighted by Gasteiger charge is -2.39. The standard InChI is InChI=1S/C19H25F3N6/c1-15(19(20,21)22)26-10-12-27(13-11-26)18(23-2)24-14-16-4-6-17(7-5-16)28-9-3-8-25-28/h3-9,15H,10-14H2,1-2H3,(H,23,24). The van der Waals surface area contributed by atoms with Gasteiger partial charge in [0.15, 0.2) is 5.96 Å². The molecule has 1 aromatic heterocycles. The lowest BCUT2D eigenvalue weighted by atomic mass is 10.2. The maximum absolute atomic E-state index is 12.9. The van der Waals surface area contributed by atoms with Gasteiger partial charge in [0.25, 0.3) is 0 Å². The van der Waals surface area contributed by atoms with Crippen molar-refractivity contribution in [1.29, 1.82) is 0 Å². The molecule has 1 aliphatic heterocycles. The van der Waals surface area contributed by atoms with E-state index in [9.17, 15) is 13.2 Å². The summed E-state index contributed by atoms with van der Waals surface area (Å²) in [7, 11) is 1.69. The van der Waals surface area contributed by atoms with Crippen LogP contribution >= 0.6 is 0 Å². The fourth-order valence-electron chi connectivity index (χ4n) is 3.23. The van der Waals surface area contributed by atoms with Gasteiger partial charge in [-0.1, -0.05) is 12.1 Å². The number of benzene rings is 1. The van der Waals surface area contributed by atoms with Crippen molar-refractivity contribution in [2.24, 2.45) is 4.99 Å². The van der Waals surface area contributed by atoms with Crippen molar-refractivity contribution in [1.82, 2.24) is 24.9 Å². The van der Waals surface area contributed by atoms with Crippen LogP contribution in [0.1, 0.15) is 12.5 Å². The lowest BCUT2D eigenvalue weighted by molar-refractivity contribution is -0.181. The van der Waals surface area contributed by atoms with Crippen LogP contribution in [-0.2, 0) is 6.54 Å². The number of piperazine rings is 1. The number of hydrogen-bond donors (Lipinski definition) is 1. The summed E-state index contributed by atoms with van der Waals surface area (Å²) in [6, 6.07) is 8.46. The third-order valence-corrected chi connectivity index (χ3v) is 5.00. The van der Waals surface area contributed by atoms with E-state index >= 15 is 0 Å². The molecule has 0 spiro atoms. The molecule has 2 aromatic rings. The van der Waals surface area contributed by atoms with Crippen molar-refractivity contribution in [3.05, 3.63) is 48.3 Å². The summed E-state index contributed by atoms with van der Waals surface area (Å²) in [5.74, 6) is 0.704. The minimum Gasteiger partial charge on any atom is -0.352 e. The number of aliphatic imine (C=N–C) groups is 1. The maximum Gasteiger partial charge on any atom is 0.403 e. The first-order valence-electron chi connectivity index (χ1n) is 9.24. The van der Waals surface area contributed by atoms with Gasteiger partial charge in [0.2, 0.25) is 0 Å². The fourth-order valence-corrected chi connectivity index (χ4v) is 3.23. The van der Waals surface area contributed by atoms with E-state index in [4.69, 9.17) is 0 Å². The molecular weight excluding hydrogens is 369 g/mol. The summed E-state index contributed by atoms with van der Waals surface area (Å²) >= 11 is 0. The Morgan fingerprint density at radius 1 is 1.18 bits per heavy atom. The molecule has 1 fully saturated rings. The smallest absolute Gasteiger partial charge is 0.352 e. The van der Waals surface area contributed by atoms with Crippen molar-refractivity contribution < 1.29 is 13.2 Å². The Morgan fingerprint density at radius 2 is 1.86 bits per heavy atom. The SMILES string of the molecule is CN=C(NCc1ccc(-n2cccn2)cc1)N1CCN(C(C)C(F)(F)F)CC1. The molecule has 0 bridgehead atoms. The second-order valence-corrected chi connectivity index (χ2v) is 6.76. The van der Waals surface area contributed by atoms with E-state index in [2.05, 4.69) is 15.4 Å². The van der Waals surface area contributed by atoms with Crippen LogP contribution in [0.5, 0.6) is 0 Å². The minimum absolute atomic E-state index is 0.361. The van der Waals surface area contributed by atoms with Crippen molar-refractivity contribution in [2.75, 3.05) is 33.2 Å². The van der Waals surface area contributed by atoms with Gasteiger partial charge >= 0.3 is 6.18 Å². The molecule has 28 heavy (non-hydrogen) atoms. The number of halogens is 3. The monoisotopic (exact) mass is 394 g/mol. The lowest BCUT2D eigenvalue weighted by Crippen LogP contribution is -2.56. The zero-order chi connectivity index (χ0) is 20.1. The van der Waals surface area contributed by atoms with Gasteiger partial charge in [-0.05, 0) is 30.7 Å². The van der Waals surface area contributed by atoms with Crippen LogP contribution in [0.25, 0.3) is 5.69 Å². The highest BCUT2D eigenvalue weighted by molar-refractivity contribution is 5.80. The molecule has 0 amide bonds. The zero-order valence-electron chi connectivity index (χ0n) is 16.0. The molecule has 1 saturated heterocycles. The normalized spacial score (nSPS) is 17.6. The summed E-state index contributed by atoms with van der Waals surface area (Å²) in [5, 5.41) is 7.50. The van der Waals surface area contributed by atoms with E-state index in [1.807, 2.05) is 41.4 Å². The minimum atomic E-state index is -4.19. The van der Waals surface area contributed by atoms with E-state index in [0.717, 1.165) is 11.3 Å². The number of guanidine groups is 1. The van der Waals surface area contributed by atoms with Crippen LogP contribution in [0.15, 0.2) is 47.7 Å². The number of hydrogen-bond acceptors (Lipinski definition) is 3. The van der Waals surface area contributed by atoms with E-state index in [1.54, 1.807) is 17.9 Å². The van der Waals surface area contributed by atoms with Crippen LogP contribution in [0.2, 0.25) is 0 Å². The summed E-state index contributed by atoms with van der Waals surface area (Å²) in [5.41, 5.74) is 2.06. The summed E-state index contributed by atoms with van der Waals surface area (Å²) in [6.07, 6.45) is -0.576. The van der Waals surface area contributed by atoms with Gasteiger partial charge in [-0.25, -0.2) is 4.68 Å². The van der Waals surface area contributed by atoms with Gasteiger partial charge in [-0.15, -0.1) is 0 Å². The Labute approximate surface area is 162 Å². The predicted molar refractivity (Wildman–Crippen MR) is 102 cm³/mol. The number of aromatic nitrogens is 2. The van der Waals surface area contributed by atoms with Gasteiger partial charge in [-0.3, -0.25) is 9.89 Å². The third-order valence-electron chi connectivity index (χ3n) is 5.00. The van der Waals surface area contributed by atoms with E-state index in [-0.39, 0.29) is 0 Å². The maximum atomic E-state index is 12.9. The molecule has 9 heteroatoms. The Hall–Kier alpha value is -2.55. The van der Waals surface area contributed by atoms with Crippen molar-refractivity contribution in [3.8, 4) is 5.69 Å². The molecule has 152 valence electrons. The second-order valence-electron chi connectivity index (χ2n) is 6.76. The van der Waals surface area contributed by atoms with E-state index in [0.29, 0.717) is 38.7 Å². The fraction of sp³-hybridized carbons (Fsp3) is 0.474. The Morgan fingerprint density at radius 3 is 2.39 bits per heavy atom. The second kappa shape index (κ2) is 8.64. The molecule has 3 rings (SSSR count). The highest BCUT2D eigenvalue weighted by Crippen LogP contribution is 2.25. The van der Waals surface area contributed by atoms with Crippen LogP contribution in [-0.4, -0.2) is 71.0 Å². The first-order chi connectivity index (χ1) is 13.4. The molecule has 1 N–H and O–H groups in total. The molecule has 0 aliphatic carbocycles. The van der Waals surface area contributed by atoms with Crippen molar-refractivity contribution >= 4 is 5.96 Å². The number of alkyl halides is 3. The number of nitrogens with zero attached hydrogens (tertiary/aromatic N) is 5. The summed E-state index contributed by atoms with van der Waals surface area (Å²) < 4.78 is 40.4. The highest BCUT2D eigenvalue weighted by Gasteiger charge is 2.41. The summed E-state index contributed by atoms with van der Waals surface area (Å²) in [6.45, 7) is 3.55. The first kappa shape index (κ1) is 20.2. The van der Waals surface area contributed by atoms with Crippen LogP contribution in [0, 0.1) is 0 Å². The largest absolute Gasteiger partial charge is 0.403 e. The van der Waals surface area contributed by atoms with Crippen molar-refractivity contribution in [2.45, 2.75) is 25.7 Å². The van der Waals surface area contributed by atoms with Crippen LogP contribution in [0.4, 0.5) is 13.2 Å². The topological polar surface area (TPSA) is 48.7 Å². The number of rotatable bonds is 4. The average molecular weight is 394 g/mol. The Balaban J connectivity index is 1.51. The van der Waals surface area contributed by atoms with Gasteiger partial charge in [0.1, 0.15) is 6.04 Å². The molecule has 2 heterocycles. The van der Waals surface area contributed by atoms with Crippen molar-refractivity contribution in [3.63, 3.8) is 0 Å². The van der Waals surface area contributed by atoms with E-state index < -0.39 is 12.2 Å². The van der Waals surface area contributed by atoms with E-state index in [1.165, 1.54) is 11.8 Å². The third kappa shape index (κ3) is 4.83. The van der Waals surface area contributed by atoms with Crippen LogP contribution < -0.4 is 5.32 Å². The Bertz CT molecular complexity index is 762. The Kier molecular flexibility index (Phi) is 6.23. The van der Waals surface area contributed by atoms with Gasteiger partial charge in [0.05, 0.1) is 5.69 Å². The molecular formula is C19H25F3N6. The predicted octanol–water partition coefficient (Wildman–Crippen LogP) is 2.52. The first-order valence-corrected chi connectivity index (χ1v) is 9.24. The molecule has 1 aromatic carbocycles. The highest BCUT2D eigenvalue weighted by atomic mass is 19.4. The van der Waals surface area contributed by atoms with Gasteiger partial charge in [-0.2, -0.15) is 18.3 Å². The molecule has 1 atom stereocenters. The molecule has 1 aliphatic rings. The molecule has 0 radical (unpaired) electrons. The molecule has 1 unspecified atom stereocenters. The number of nitrogens with one attached hydrogen (secondary N) is 1. The van der Waals surface area contributed by atoms with Gasteiger partial charge < -0.3 is 10.2 Å². The summed E-state index contributed by atoms with van der Waals surface area (Å²) in [4.78, 5) is 7.75. The quantitative estimate of drug-likeness (QED) is 0.640. The molecule has 6 nitrogen and oxygen atoms in total. The van der Waals surface area contributed by atoms with Gasteiger partial charge in [0, 0.05) is 52.2 Å². The molecule has 0 saturated carbocycles.